The fourth-order valence-electron chi connectivity index (χ4n) is 4.76. The average molecular weight is 453 g/mol. The molecule has 0 unspecified atom stereocenters. The van der Waals surface area contributed by atoms with Gasteiger partial charge < -0.3 is 20.1 Å². The summed E-state index contributed by atoms with van der Waals surface area (Å²) in [5.74, 6) is 0.693. The molecule has 2 N–H and O–H groups in total. The van der Waals surface area contributed by atoms with Crippen LogP contribution >= 0.6 is 0 Å². The molecule has 2 aromatic rings. The summed E-state index contributed by atoms with van der Waals surface area (Å²) in [6.45, 7) is 4.48. The summed E-state index contributed by atoms with van der Waals surface area (Å²) in [7, 11) is 1.95. The van der Waals surface area contributed by atoms with Crippen molar-refractivity contribution in [2.24, 2.45) is 5.92 Å². The predicted octanol–water partition coefficient (Wildman–Crippen LogP) is 5.12. The molecule has 0 saturated heterocycles. The minimum atomic E-state index is -0.241. The lowest BCUT2D eigenvalue weighted by molar-refractivity contribution is 0.0233. The number of hydrogen-bond acceptors (Lipinski definition) is 4. The van der Waals surface area contributed by atoms with E-state index in [4.69, 9.17) is 9.47 Å². The standard InChI is InChI=1S/C28H40N2O3/c1-3-32-17-18-33-27(23-13-8-5-9-14-23)24-15-10-16-25(20-24)28(31)30-26(21-29-2)19-22-11-6-4-7-12-22/h5,8-10,13-16,20,22,26-27,29H,3-4,6-7,11-12,17-19,21H2,1-2H3,(H,30,31)/t26-,27-/m0/s1. The van der Waals surface area contributed by atoms with Crippen LogP contribution in [0, 0.1) is 5.92 Å². The Morgan fingerprint density at radius 3 is 2.48 bits per heavy atom. The van der Waals surface area contributed by atoms with Gasteiger partial charge in [0, 0.05) is 24.8 Å². The van der Waals surface area contributed by atoms with Crippen LogP contribution in [0.1, 0.15) is 73.0 Å². The fraction of sp³-hybridized carbons (Fsp3) is 0.536. The molecule has 0 bridgehead atoms. The first-order chi connectivity index (χ1) is 16.2. The first-order valence-corrected chi connectivity index (χ1v) is 12.5. The SMILES string of the molecule is CCOCCO[C@@H](c1ccccc1)c1cccc(C(=O)N[C@H](CNC)CC2CCCCC2)c1. The Hall–Kier alpha value is -2.21. The van der Waals surface area contributed by atoms with Gasteiger partial charge in [-0.1, -0.05) is 74.6 Å². The number of amides is 1. The van der Waals surface area contributed by atoms with Crippen LogP contribution in [0.3, 0.4) is 0 Å². The summed E-state index contributed by atoms with van der Waals surface area (Å²) >= 11 is 0. The molecule has 0 radical (unpaired) electrons. The maximum absolute atomic E-state index is 13.2. The second kappa shape index (κ2) is 14.1. The molecule has 1 aliphatic rings. The van der Waals surface area contributed by atoms with E-state index in [0.717, 1.165) is 24.1 Å². The van der Waals surface area contributed by atoms with Crippen LogP contribution in [-0.2, 0) is 9.47 Å². The van der Waals surface area contributed by atoms with E-state index in [1.54, 1.807) is 0 Å². The van der Waals surface area contributed by atoms with Crippen molar-refractivity contribution in [3.05, 3.63) is 71.3 Å². The van der Waals surface area contributed by atoms with E-state index in [1.165, 1.54) is 32.1 Å². The molecular formula is C28H40N2O3. The van der Waals surface area contributed by atoms with Gasteiger partial charge >= 0.3 is 0 Å². The highest BCUT2D eigenvalue weighted by Crippen LogP contribution is 2.28. The van der Waals surface area contributed by atoms with Gasteiger partial charge in [0.2, 0.25) is 0 Å². The lowest BCUT2D eigenvalue weighted by Gasteiger charge is -2.27. The zero-order chi connectivity index (χ0) is 23.3. The largest absolute Gasteiger partial charge is 0.379 e. The third kappa shape index (κ3) is 8.26. The van der Waals surface area contributed by atoms with Crippen LogP contribution < -0.4 is 10.6 Å². The lowest BCUT2D eigenvalue weighted by atomic mass is 9.84. The van der Waals surface area contributed by atoms with Crippen molar-refractivity contribution in [2.45, 2.75) is 57.6 Å². The van der Waals surface area contributed by atoms with Crippen molar-refractivity contribution in [1.82, 2.24) is 10.6 Å². The monoisotopic (exact) mass is 452 g/mol. The van der Waals surface area contributed by atoms with E-state index >= 15 is 0 Å². The molecule has 0 spiro atoms. The van der Waals surface area contributed by atoms with Crippen molar-refractivity contribution in [3.63, 3.8) is 0 Å². The number of nitrogens with one attached hydrogen (secondary N) is 2. The van der Waals surface area contributed by atoms with Gasteiger partial charge in [-0.2, -0.15) is 0 Å². The Balaban J connectivity index is 1.71. The van der Waals surface area contributed by atoms with Crippen molar-refractivity contribution in [3.8, 4) is 0 Å². The van der Waals surface area contributed by atoms with Crippen LogP contribution in [0.5, 0.6) is 0 Å². The van der Waals surface area contributed by atoms with Crippen LogP contribution in [0.15, 0.2) is 54.6 Å². The van der Waals surface area contributed by atoms with Gasteiger partial charge in [-0.05, 0) is 49.6 Å². The van der Waals surface area contributed by atoms with E-state index in [-0.39, 0.29) is 18.1 Å². The molecule has 3 rings (SSSR count). The molecule has 2 aromatic carbocycles. The first-order valence-electron chi connectivity index (χ1n) is 12.5. The highest BCUT2D eigenvalue weighted by Gasteiger charge is 2.22. The maximum atomic E-state index is 13.2. The molecule has 0 heterocycles. The Kier molecular flexibility index (Phi) is 10.9. The molecule has 1 amide bonds. The number of rotatable bonds is 13. The van der Waals surface area contributed by atoms with Gasteiger partial charge in [0.1, 0.15) is 6.10 Å². The summed E-state index contributed by atoms with van der Waals surface area (Å²) in [5, 5.41) is 6.54. The van der Waals surface area contributed by atoms with Crippen LogP contribution in [0.2, 0.25) is 0 Å². The Labute approximate surface area is 199 Å². The van der Waals surface area contributed by atoms with Crippen molar-refractivity contribution in [1.29, 1.82) is 0 Å². The van der Waals surface area contributed by atoms with E-state index < -0.39 is 0 Å². The van der Waals surface area contributed by atoms with Crippen LogP contribution in [-0.4, -0.2) is 45.4 Å². The predicted molar refractivity (Wildman–Crippen MR) is 134 cm³/mol. The number of benzene rings is 2. The molecule has 2 atom stereocenters. The van der Waals surface area contributed by atoms with Crippen LogP contribution in [0.4, 0.5) is 0 Å². The Bertz CT molecular complexity index is 821. The van der Waals surface area contributed by atoms with Crippen molar-refractivity contribution < 1.29 is 14.3 Å². The topological polar surface area (TPSA) is 59.6 Å². The number of carbonyl (C=O) groups excluding carboxylic acids is 1. The summed E-state index contributed by atoms with van der Waals surface area (Å²) in [6.07, 6.45) is 7.34. The quantitative estimate of drug-likeness (QED) is 0.414. The summed E-state index contributed by atoms with van der Waals surface area (Å²) in [5.41, 5.74) is 2.71. The molecular weight excluding hydrogens is 412 g/mol. The molecule has 33 heavy (non-hydrogen) atoms. The minimum Gasteiger partial charge on any atom is -0.379 e. The van der Waals surface area contributed by atoms with Gasteiger partial charge in [0.25, 0.3) is 5.91 Å². The van der Waals surface area contributed by atoms with E-state index in [1.807, 2.05) is 56.4 Å². The molecule has 5 heteroatoms. The molecule has 5 nitrogen and oxygen atoms in total. The van der Waals surface area contributed by atoms with Crippen molar-refractivity contribution in [2.75, 3.05) is 33.4 Å². The third-order valence-corrected chi connectivity index (χ3v) is 6.40. The highest BCUT2D eigenvalue weighted by atomic mass is 16.5. The summed E-state index contributed by atoms with van der Waals surface area (Å²) in [6, 6.07) is 18.1. The van der Waals surface area contributed by atoms with Gasteiger partial charge in [-0.25, -0.2) is 0 Å². The lowest BCUT2D eigenvalue weighted by Crippen LogP contribution is -2.42. The number of likely N-dealkylation sites (N-methyl/N-ethyl adjacent to an activating group) is 1. The van der Waals surface area contributed by atoms with E-state index in [9.17, 15) is 4.79 Å². The highest BCUT2D eigenvalue weighted by molar-refractivity contribution is 5.94. The zero-order valence-electron chi connectivity index (χ0n) is 20.2. The second-order valence-electron chi connectivity index (χ2n) is 8.95. The third-order valence-electron chi connectivity index (χ3n) is 6.40. The van der Waals surface area contributed by atoms with Gasteiger partial charge in [-0.3, -0.25) is 4.79 Å². The molecule has 0 aromatic heterocycles. The zero-order valence-corrected chi connectivity index (χ0v) is 20.2. The molecule has 1 aliphatic carbocycles. The fourth-order valence-corrected chi connectivity index (χ4v) is 4.76. The summed E-state index contributed by atoms with van der Waals surface area (Å²) < 4.78 is 11.7. The molecule has 0 aliphatic heterocycles. The minimum absolute atomic E-state index is 0.0194. The number of carbonyl (C=O) groups is 1. The average Bonchev–Trinajstić information content (AvgIpc) is 2.85. The Morgan fingerprint density at radius 1 is 1.00 bits per heavy atom. The molecule has 1 fully saturated rings. The number of ether oxygens (including phenoxy) is 2. The number of hydrogen-bond donors (Lipinski definition) is 2. The smallest absolute Gasteiger partial charge is 0.251 e. The normalized spacial score (nSPS) is 16.3. The summed E-state index contributed by atoms with van der Waals surface area (Å²) in [4.78, 5) is 13.2. The van der Waals surface area contributed by atoms with Crippen LogP contribution in [0.25, 0.3) is 0 Å². The maximum Gasteiger partial charge on any atom is 0.251 e. The van der Waals surface area contributed by atoms with Gasteiger partial charge in [0.05, 0.1) is 13.2 Å². The van der Waals surface area contributed by atoms with Gasteiger partial charge in [-0.15, -0.1) is 0 Å². The second-order valence-corrected chi connectivity index (χ2v) is 8.95. The van der Waals surface area contributed by atoms with E-state index in [0.29, 0.717) is 31.3 Å². The van der Waals surface area contributed by atoms with Gasteiger partial charge in [0.15, 0.2) is 0 Å². The van der Waals surface area contributed by atoms with E-state index in [2.05, 4.69) is 22.8 Å². The molecule has 180 valence electrons. The van der Waals surface area contributed by atoms with Crippen molar-refractivity contribution >= 4 is 5.91 Å². The molecule has 1 saturated carbocycles. The first kappa shape index (κ1) is 25.4. The Morgan fingerprint density at radius 2 is 1.76 bits per heavy atom.